The first-order chi connectivity index (χ1) is 8.96. The number of ether oxygens (including phenoxy) is 1. The minimum Gasteiger partial charge on any atom is -0.497 e. The highest BCUT2D eigenvalue weighted by Crippen LogP contribution is 2.10. The summed E-state index contributed by atoms with van der Waals surface area (Å²) in [4.78, 5) is 11.4. The van der Waals surface area contributed by atoms with Gasteiger partial charge in [-0.15, -0.1) is 0 Å². The van der Waals surface area contributed by atoms with E-state index < -0.39 is 10.0 Å². The Morgan fingerprint density at radius 1 is 1.26 bits per heavy atom. The maximum absolute atomic E-state index is 11.4. The largest absolute Gasteiger partial charge is 0.497 e. The highest BCUT2D eigenvalue weighted by atomic mass is 32.2. The van der Waals surface area contributed by atoms with Gasteiger partial charge in [0, 0.05) is 6.54 Å². The number of sulfonamides is 1. The summed E-state index contributed by atoms with van der Waals surface area (Å²) in [6.45, 7) is 1.61. The lowest BCUT2D eigenvalue weighted by Crippen LogP contribution is -2.37. The number of benzene rings is 1. The van der Waals surface area contributed by atoms with Crippen molar-refractivity contribution in [1.82, 2.24) is 10.0 Å². The molecular weight excluding hydrogens is 268 g/mol. The zero-order chi connectivity index (χ0) is 14.3. The molecule has 0 aromatic heterocycles. The molecule has 0 aliphatic rings. The van der Waals surface area contributed by atoms with Gasteiger partial charge in [-0.2, -0.15) is 0 Å². The number of carbonyl (C=O) groups is 1. The minimum absolute atomic E-state index is 0.0429. The van der Waals surface area contributed by atoms with Crippen LogP contribution in [0.2, 0.25) is 0 Å². The van der Waals surface area contributed by atoms with Gasteiger partial charge in [0.15, 0.2) is 0 Å². The zero-order valence-electron chi connectivity index (χ0n) is 11.0. The molecule has 1 aromatic rings. The molecular formula is C12H18N2O4S. The maximum Gasteiger partial charge on any atom is 0.235 e. The Bertz CT molecular complexity index is 511. The van der Waals surface area contributed by atoms with E-state index in [9.17, 15) is 13.2 Å². The number of amides is 1. The lowest BCUT2D eigenvalue weighted by molar-refractivity contribution is -0.120. The molecule has 0 bridgehead atoms. The van der Waals surface area contributed by atoms with Crippen LogP contribution in [0.4, 0.5) is 0 Å². The summed E-state index contributed by atoms with van der Waals surface area (Å²) in [5.74, 6) is 0.331. The lowest BCUT2D eigenvalue weighted by atomic mass is 10.2. The summed E-state index contributed by atoms with van der Waals surface area (Å²) >= 11 is 0. The molecule has 2 N–H and O–H groups in total. The Morgan fingerprint density at radius 2 is 1.89 bits per heavy atom. The van der Waals surface area contributed by atoms with Crippen molar-refractivity contribution in [3.05, 3.63) is 29.8 Å². The third-order valence-corrected chi connectivity index (χ3v) is 3.83. The molecule has 1 amide bonds. The molecule has 19 heavy (non-hydrogen) atoms. The number of hydrogen-bond donors (Lipinski definition) is 2. The summed E-state index contributed by atoms with van der Waals surface area (Å²) in [6.07, 6.45) is 0. The van der Waals surface area contributed by atoms with Crippen LogP contribution < -0.4 is 14.8 Å². The van der Waals surface area contributed by atoms with Gasteiger partial charge in [0.05, 0.1) is 19.4 Å². The van der Waals surface area contributed by atoms with Gasteiger partial charge in [0.25, 0.3) is 0 Å². The number of methoxy groups -OCH3 is 1. The van der Waals surface area contributed by atoms with Gasteiger partial charge in [-0.25, -0.2) is 13.1 Å². The van der Waals surface area contributed by atoms with E-state index in [1.54, 1.807) is 19.2 Å². The van der Waals surface area contributed by atoms with Crippen molar-refractivity contribution in [2.45, 2.75) is 13.5 Å². The monoisotopic (exact) mass is 286 g/mol. The SMILES string of the molecule is CCS(=O)(=O)NCC(=O)NCc1ccc(OC)cc1. The number of hydrogen-bond acceptors (Lipinski definition) is 4. The predicted octanol–water partition coefficient (Wildman–Crippen LogP) is 0.251. The van der Waals surface area contributed by atoms with Crippen molar-refractivity contribution in [3.8, 4) is 5.75 Å². The second-order valence-corrected chi connectivity index (χ2v) is 5.94. The Labute approximate surface area is 113 Å². The number of nitrogens with one attached hydrogen (secondary N) is 2. The van der Waals surface area contributed by atoms with Gasteiger partial charge in [-0.1, -0.05) is 12.1 Å². The van der Waals surface area contributed by atoms with Crippen molar-refractivity contribution in [2.24, 2.45) is 0 Å². The molecule has 0 radical (unpaired) electrons. The first kappa shape index (κ1) is 15.5. The van der Waals surface area contributed by atoms with Gasteiger partial charge in [0.1, 0.15) is 5.75 Å². The summed E-state index contributed by atoms with van der Waals surface area (Å²) in [5, 5.41) is 2.63. The molecule has 1 rings (SSSR count). The van der Waals surface area contributed by atoms with E-state index in [1.165, 1.54) is 6.92 Å². The van der Waals surface area contributed by atoms with Crippen molar-refractivity contribution in [2.75, 3.05) is 19.4 Å². The quantitative estimate of drug-likeness (QED) is 0.752. The summed E-state index contributed by atoms with van der Waals surface area (Å²) in [6, 6.07) is 7.24. The van der Waals surface area contributed by atoms with E-state index in [2.05, 4.69) is 10.0 Å². The molecule has 0 spiro atoms. The van der Waals surface area contributed by atoms with Crippen molar-refractivity contribution < 1.29 is 17.9 Å². The molecule has 0 atom stereocenters. The third-order valence-electron chi connectivity index (χ3n) is 2.48. The van der Waals surface area contributed by atoms with Crippen LogP contribution in [0.1, 0.15) is 12.5 Å². The summed E-state index contributed by atoms with van der Waals surface area (Å²) in [5.41, 5.74) is 0.910. The van der Waals surface area contributed by atoms with Crippen LogP contribution in [0, 0.1) is 0 Å². The Balaban J connectivity index is 2.37. The van der Waals surface area contributed by atoms with E-state index in [-0.39, 0.29) is 18.2 Å². The summed E-state index contributed by atoms with van der Waals surface area (Å²) in [7, 11) is -1.75. The smallest absolute Gasteiger partial charge is 0.235 e. The van der Waals surface area contributed by atoms with Gasteiger partial charge in [-0.3, -0.25) is 4.79 Å². The van der Waals surface area contributed by atoms with Gasteiger partial charge >= 0.3 is 0 Å². The summed E-state index contributed by atoms with van der Waals surface area (Å²) < 4.78 is 29.5. The molecule has 0 heterocycles. The van der Waals surface area contributed by atoms with Crippen LogP contribution in [0.15, 0.2) is 24.3 Å². The molecule has 0 saturated heterocycles. The molecule has 0 saturated carbocycles. The lowest BCUT2D eigenvalue weighted by Gasteiger charge is -2.07. The van der Waals surface area contributed by atoms with E-state index in [0.29, 0.717) is 6.54 Å². The zero-order valence-corrected chi connectivity index (χ0v) is 11.8. The normalized spacial score (nSPS) is 11.1. The van der Waals surface area contributed by atoms with E-state index in [0.717, 1.165) is 11.3 Å². The van der Waals surface area contributed by atoms with E-state index in [4.69, 9.17) is 4.74 Å². The van der Waals surface area contributed by atoms with Gasteiger partial charge in [0.2, 0.25) is 15.9 Å². The molecule has 1 aromatic carbocycles. The Hall–Kier alpha value is -1.60. The standard InChI is InChI=1S/C12H18N2O4S/c1-3-19(16,17)14-9-12(15)13-8-10-4-6-11(18-2)7-5-10/h4-7,14H,3,8-9H2,1-2H3,(H,13,15). The molecule has 0 fully saturated rings. The van der Waals surface area contributed by atoms with Crippen LogP contribution in [0.25, 0.3) is 0 Å². The van der Waals surface area contributed by atoms with Gasteiger partial charge < -0.3 is 10.1 Å². The van der Waals surface area contributed by atoms with E-state index in [1.807, 2.05) is 12.1 Å². The second kappa shape index (κ2) is 7.10. The highest BCUT2D eigenvalue weighted by Gasteiger charge is 2.09. The van der Waals surface area contributed by atoms with Crippen molar-refractivity contribution in [3.63, 3.8) is 0 Å². The number of carbonyl (C=O) groups excluding carboxylic acids is 1. The average Bonchev–Trinajstić information content (AvgIpc) is 2.43. The molecule has 7 heteroatoms. The van der Waals surface area contributed by atoms with Crippen molar-refractivity contribution in [1.29, 1.82) is 0 Å². The van der Waals surface area contributed by atoms with Crippen LogP contribution in [-0.4, -0.2) is 33.7 Å². The molecule has 0 unspecified atom stereocenters. The first-order valence-corrected chi connectivity index (χ1v) is 7.49. The van der Waals surface area contributed by atoms with Crippen LogP contribution >= 0.6 is 0 Å². The molecule has 106 valence electrons. The highest BCUT2D eigenvalue weighted by molar-refractivity contribution is 7.89. The number of rotatable bonds is 7. The Morgan fingerprint density at radius 3 is 2.42 bits per heavy atom. The second-order valence-electron chi connectivity index (χ2n) is 3.85. The minimum atomic E-state index is -3.33. The fraction of sp³-hybridized carbons (Fsp3) is 0.417. The third kappa shape index (κ3) is 5.71. The van der Waals surface area contributed by atoms with Gasteiger partial charge in [-0.05, 0) is 24.6 Å². The maximum atomic E-state index is 11.4. The Kier molecular flexibility index (Phi) is 5.78. The topological polar surface area (TPSA) is 84.5 Å². The van der Waals surface area contributed by atoms with Crippen LogP contribution in [-0.2, 0) is 21.4 Å². The first-order valence-electron chi connectivity index (χ1n) is 5.84. The fourth-order valence-electron chi connectivity index (χ4n) is 1.28. The molecule has 0 aliphatic heterocycles. The molecule has 0 aliphatic carbocycles. The predicted molar refractivity (Wildman–Crippen MR) is 72.3 cm³/mol. The van der Waals surface area contributed by atoms with E-state index >= 15 is 0 Å². The van der Waals surface area contributed by atoms with Crippen LogP contribution in [0.5, 0.6) is 5.75 Å². The average molecular weight is 286 g/mol. The molecule has 6 nitrogen and oxygen atoms in total. The van der Waals surface area contributed by atoms with Crippen molar-refractivity contribution >= 4 is 15.9 Å². The van der Waals surface area contributed by atoms with Crippen LogP contribution in [0.3, 0.4) is 0 Å². The fourth-order valence-corrected chi connectivity index (χ4v) is 1.84.